The van der Waals surface area contributed by atoms with E-state index in [0.717, 1.165) is 35.0 Å². The number of carbonyl (C=O) groups excluding carboxylic acids is 1. The molecule has 0 bridgehead atoms. The van der Waals surface area contributed by atoms with Gasteiger partial charge in [-0.1, -0.05) is 25.7 Å². The molecule has 0 radical (unpaired) electrons. The first kappa shape index (κ1) is 14.0. The van der Waals surface area contributed by atoms with Gasteiger partial charge in [-0.15, -0.1) is 0 Å². The molecule has 0 unspecified atom stereocenters. The summed E-state index contributed by atoms with van der Waals surface area (Å²) in [5.74, 6) is 0.896. The fourth-order valence-electron chi connectivity index (χ4n) is 3.05. The summed E-state index contributed by atoms with van der Waals surface area (Å²) in [6, 6.07) is 2.01. The van der Waals surface area contributed by atoms with Crippen LogP contribution >= 0.6 is 0 Å². The van der Waals surface area contributed by atoms with Crippen LogP contribution in [0, 0.1) is 26.7 Å². The van der Waals surface area contributed by atoms with Gasteiger partial charge >= 0.3 is 0 Å². The predicted octanol–water partition coefficient (Wildman–Crippen LogP) is 3.92. The molecule has 0 saturated heterocycles. The van der Waals surface area contributed by atoms with Gasteiger partial charge in [-0.05, 0) is 44.7 Å². The third-order valence-electron chi connectivity index (χ3n) is 4.04. The molecule has 1 saturated carbocycles. The second-order valence-corrected chi connectivity index (χ2v) is 5.78. The number of aromatic nitrogens is 1. The van der Waals surface area contributed by atoms with Gasteiger partial charge in [0.05, 0.1) is 11.4 Å². The topological polar surface area (TPSA) is 42.0 Å². The number of nitrogens with one attached hydrogen (secondary N) is 1. The van der Waals surface area contributed by atoms with Crippen LogP contribution in [-0.2, 0) is 4.79 Å². The van der Waals surface area contributed by atoms with E-state index in [1.54, 1.807) is 0 Å². The van der Waals surface area contributed by atoms with Gasteiger partial charge in [0.1, 0.15) is 0 Å². The molecule has 1 aromatic heterocycles. The normalized spacial score (nSPS) is 15.7. The number of anilines is 1. The fraction of sp³-hybridized carbons (Fsp3) is 0.625. The van der Waals surface area contributed by atoms with Gasteiger partial charge in [-0.3, -0.25) is 9.78 Å². The highest BCUT2D eigenvalue weighted by atomic mass is 16.1. The minimum absolute atomic E-state index is 0.128. The van der Waals surface area contributed by atoms with E-state index in [-0.39, 0.29) is 5.91 Å². The van der Waals surface area contributed by atoms with E-state index in [0.29, 0.717) is 6.42 Å². The Balaban J connectivity index is 1.91. The Hall–Kier alpha value is -1.38. The van der Waals surface area contributed by atoms with Crippen LogP contribution in [0.2, 0.25) is 0 Å². The molecule has 0 atom stereocenters. The summed E-state index contributed by atoms with van der Waals surface area (Å²) in [5, 5.41) is 3.03. The van der Waals surface area contributed by atoms with E-state index >= 15 is 0 Å². The molecule has 1 N–H and O–H groups in total. The van der Waals surface area contributed by atoms with Crippen LogP contribution in [0.25, 0.3) is 0 Å². The summed E-state index contributed by atoms with van der Waals surface area (Å²) in [5.41, 5.74) is 3.90. The lowest BCUT2D eigenvalue weighted by molar-refractivity contribution is -0.116. The molecule has 0 aliphatic heterocycles. The molecule has 3 nitrogen and oxygen atoms in total. The lowest BCUT2D eigenvalue weighted by atomic mass is 10.0. The third-order valence-corrected chi connectivity index (χ3v) is 4.04. The van der Waals surface area contributed by atoms with Crippen molar-refractivity contribution in [2.24, 2.45) is 5.92 Å². The van der Waals surface area contributed by atoms with Crippen molar-refractivity contribution < 1.29 is 4.79 Å². The van der Waals surface area contributed by atoms with Gasteiger partial charge in [0, 0.05) is 12.1 Å². The number of amides is 1. The Morgan fingerprint density at radius 1 is 1.32 bits per heavy atom. The second-order valence-electron chi connectivity index (χ2n) is 5.78. The van der Waals surface area contributed by atoms with Crippen molar-refractivity contribution >= 4 is 11.6 Å². The number of carbonyl (C=O) groups is 1. The molecule has 104 valence electrons. The van der Waals surface area contributed by atoms with Crippen molar-refractivity contribution in [3.05, 3.63) is 23.0 Å². The molecule has 1 fully saturated rings. The zero-order valence-electron chi connectivity index (χ0n) is 12.3. The maximum absolute atomic E-state index is 12.0. The van der Waals surface area contributed by atoms with Crippen molar-refractivity contribution in [1.29, 1.82) is 0 Å². The summed E-state index contributed by atoms with van der Waals surface area (Å²) < 4.78 is 0. The van der Waals surface area contributed by atoms with Crippen molar-refractivity contribution in [3.63, 3.8) is 0 Å². The van der Waals surface area contributed by atoms with E-state index in [2.05, 4.69) is 10.3 Å². The predicted molar refractivity (Wildman–Crippen MR) is 78.3 cm³/mol. The molecule has 19 heavy (non-hydrogen) atoms. The number of hydrogen-bond acceptors (Lipinski definition) is 2. The van der Waals surface area contributed by atoms with E-state index in [1.165, 1.54) is 25.7 Å². The molecule has 3 heteroatoms. The fourth-order valence-corrected chi connectivity index (χ4v) is 3.05. The minimum atomic E-state index is 0.128. The average molecular weight is 260 g/mol. The Kier molecular flexibility index (Phi) is 4.56. The number of nitrogens with zero attached hydrogens (tertiary/aromatic N) is 1. The Bertz CT molecular complexity index is 439. The van der Waals surface area contributed by atoms with Crippen molar-refractivity contribution in [2.75, 3.05) is 5.32 Å². The van der Waals surface area contributed by atoms with E-state index in [1.807, 2.05) is 26.8 Å². The number of pyridine rings is 1. The van der Waals surface area contributed by atoms with Gasteiger partial charge in [0.15, 0.2) is 0 Å². The molecule has 1 aliphatic carbocycles. The third kappa shape index (κ3) is 3.79. The highest BCUT2D eigenvalue weighted by Crippen LogP contribution is 2.28. The van der Waals surface area contributed by atoms with Crippen molar-refractivity contribution in [1.82, 2.24) is 4.98 Å². The largest absolute Gasteiger partial charge is 0.324 e. The molecule has 0 aromatic carbocycles. The van der Waals surface area contributed by atoms with Crippen LogP contribution in [0.3, 0.4) is 0 Å². The number of aryl methyl sites for hydroxylation is 3. The molecule has 1 aromatic rings. The number of hydrogen-bond donors (Lipinski definition) is 1. The molecular weight excluding hydrogens is 236 g/mol. The van der Waals surface area contributed by atoms with Crippen molar-refractivity contribution in [2.45, 2.75) is 59.3 Å². The van der Waals surface area contributed by atoms with E-state index < -0.39 is 0 Å². The SMILES string of the molecule is Cc1cc(C)c(NC(=O)CCC2CCCC2)c(C)n1. The quantitative estimate of drug-likeness (QED) is 0.891. The van der Waals surface area contributed by atoms with E-state index in [9.17, 15) is 4.79 Å². The second kappa shape index (κ2) is 6.18. The zero-order chi connectivity index (χ0) is 13.8. The zero-order valence-corrected chi connectivity index (χ0v) is 12.3. The number of rotatable bonds is 4. The van der Waals surface area contributed by atoms with Crippen LogP contribution in [0.5, 0.6) is 0 Å². The summed E-state index contributed by atoms with van der Waals surface area (Å²) in [6.45, 7) is 5.95. The smallest absolute Gasteiger partial charge is 0.224 e. The van der Waals surface area contributed by atoms with E-state index in [4.69, 9.17) is 0 Å². The monoisotopic (exact) mass is 260 g/mol. The Morgan fingerprint density at radius 3 is 2.63 bits per heavy atom. The van der Waals surface area contributed by atoms with Gasteiger partial charge in [-0.2, -0.15) is 0 Å². The molecule has 1 heterocycles. The van der Waals surface area contributed by atoms with Crippen molar-refractivity contribution in [3.8, 4) is 0 Å². The van der Waals surface area contributed by atoms with Gasteiger partial charge in [0.25, 0.3) is 0 Å². The Labute approximate surface area is 115 Å². The van der Waals surface area contributed by atoms with Crippen LogP contribution in [0.4, 0.5) is 5.69 Å². The van der Waals surface area contributed by atoms with Crippen LogP contribution in [-0.4, -0.2) is 10.9 Å². The summed E-state index contributed by atoms with van der Waals surface area (Å²) in [4.78, 5) is 16.4. The van der Waals surface area contributed by atoms with Crippen LogP contribution in [0.15, 0.2) is 6.07 Å². The first-order valence-electron chi connectivity index (χ1n) is 7.31. The lowest BCUT2D eigenvalue weighted by Gasteiger charge is -2.13. The molecule has 1 amide bonds. The highest BCUT2D eigenvalue weighted by Gasteiger charge is 2.16. The summed E-state index contributed by atoms with van der Waals surface area (Å²) in [6.07, 6.45) is 6.95. The molecule has 1 aliphatic rings. The maximum atomic E-state index is 12.0. The molecular formula is C16H24N2O. The van der Waals surface area contributed by atoms with Gasteiger partial charge in [0.2, 0.25) is 5.91 Å². The summed E-state index contributed by atoms with van der Waals surface area (Å²) in [7, 11) is 0. The molecule has 2 rings (SSSR count). The highest BCUT2D eigenvalue weighted by molar-refractivity contribution is 5.92. The average Bonchev–Trinajstić information content (AvgIpc) is 2.84. The van der Waals surface area contributed by atoms with Crippen LogP contribution in [0.1, 0.15) is 55.5 Å². The minimum Gasteiger partial charge on any atom is -0.324 e. The summed E-state index contributed by atoms with van der Waals surface area (Å²) >= 11 is 0. The first-order chi connectivity index (χ1) is 9.06. The van der Waals surface area contributed by atoms with Gasteiger partial charge in [-0.25, -0.2) is 0 Å². The maximum Gasteiger partial charge on any atom is 0.224 e. The Morgan fingerprint density at radius 2 is 2.00 bits per heavy atom. The first-order valence-corrected chi connectivity index (χ1v) is 7.31. The van der Waals surface area contributed by atoms with Crippen LogP contribution < -0.4 is 5.32 Å². The lowest BCUT2D eigenvalue weighted by Crippen LogP contribution is -2.15. The van der Waals surface area contributed by atoms with Gasteiger partial charge < -0.3 is 5.32 Å². The molecule has 0 spiro atoms. The standard InChI is InChI=1S/C16H24N2O/c1-11-10-12(2)17-13(3)16(11)18-15(19)9-8-14-6-4-5-7-14/h10,14H,4-9H2,1-3H3,(H,18,19).